The maximum absolute atomic E-state index is 14.9. The summed E-state index contributed by atoms with van der Waals surface area (Å²) in [5.74, 6) is -0.695. The first-order chi connectivity index (χ1) is 23.2. The lowest BCUT2D eigenvalue weighted by atomic mass is 9.83. The lowest BCUT2D eigenvalue weighted by molar-refractivity contribution is -0.117. The van der Waals surface area contributed by atoms with E-state index in [1.807, 2.05) is 16.9 Å². The molecule has 2 fully saturated rings. The van der Waals surface area contributed by atoms with Gasteiger partial charge in [0.2, 0.25) is 0 Å². The average molecular weight is 669 g/mol. The summed E-state index contributed by atoms with van der Waals surface area (Å²) >= 11 is 0. The predicted octanol–water partition coefficient (Wildman–Crippen LogP) is 7.31. The van der Waals surface area contributed by atoms with E-state index < -0.39 is 34.3 Å². The van der Waals surface area contributed by atoms with Crippen molar-refractivity contribution in [2.24, 2.45) is 0 Å². The molecule has 1 aromatic heterocycles. The first-order valence-electron chi connectivity index (χ1n) is 15.9. The number of carbonyl (C=O) groups is 1. The van der Waals surface area contributed by atoms with Gasteiger partial charge in [-0.3, -0.25) is 4.79 Å². The largest absolute Gasteiger partial charge is 0.495 e. The Bertz CT molecular complexity index is 2090. The summed E-state index contributed by atoms with van der Waals surface area (Å²) in [6.07, 6.45) is 8.41. The molecule has 1 saturated heterocycles. The van der Waals surface area contributed by atoms with Gasteiger partial charge < -0.3 is 9.30 Å². The van der Waals surface area contributed by atoms with Crippen LogP contribution in [0.5, 0.6) is 5.75 Å². The monoisotopic (exact) mass is 668 g/mol. The highest BCUT2D eigenvalue weighted by Gasteiger charge is 2.36. The molecule has 0 atom stereocenters. The van der Waals surface area contributed by atoms with E-state index in [0.29, 0.717) is 23.9 Å². The van der Waals surface area contributed by atoms with Gasteiger partial charge in [0.15, 0.2) is 0 Å². The smallest absolute Gasteiger partial charge is 0.326 e. The number of amides is 1. The Morgan fingerprint density at radius 1 is 0.896 bits per heavy atom. The molecule has 5 aromatic rings. The topological polar surface area (TPSA) is 93.5 Å². The zero-order chi connectivity index (χ0) is 33.4. The molecule has 11 heteroatoms. The van der Waals surface area contributed by atoms with Gasteiger partial charge in [0, 0.05) is 29.9 Å². The zero-order valence-electron chi connectivity index (χ0n) is 26.3. The summed E-state index contributed by atoms with van der Waals surface area (Å²) in [5.41, 5.74) is 5.62. The third-order valence-corrected chi connectivity index (χ3v) is 10.5. The molecule has 0 radical (unpaired) electrons. The van der Waals surface area contributed by atoms with E-state index in [4.69, 9.17) is 9.72 Å². The van der Waals surface area contributed by atoms with Crippen LogP contribution in [0, 0.1) is 11.6 Å². The van der Waals surface area contributed by atoms with Gasteiger partial charge in [-0.1, -0.05) is 67.8 Å². The van der Waals surface area contributed by atoms with Crippen molar-refractivity contribution >= 4 is 21.8 Å². The van der Waals surface area contributed by atoms with Gasteiger partial charge in [0.25, 0.3) is 5.91 Å². The van der Waals surface area contributed by atoms with Crippen molar-refractivity contribution in [3.8, 4) is 33.8 Å². The molecule has 246 valence electrons. The van der Waals surface area contributed by atoms with Crippen LogP contribution in [-0.4, -0.2) is 37.5 Å². The fraction of sp³-hybridized carbons (Fsp3) is 0.243. The van der Waals surface area contributed by atoms with Crippen molar-refractivity contribution in [1.29, 1.82) is 0 Å². The maximum atomic E-state index is 14.9. The molecule has 8 nitrogen and oxygen atoms in total. The number of rotatable bonds is 8. The molecule has 1 saturated carbocycles. The van der Waals surface area contributed by atoms with Crippen molar-refractivity contribution in [1.82, 2.24) is 14.3 Å². The first kappa shape index (κ1) is 31.6. The molecule has 4 aromatic carbocycles. The Labute approximate surface area is 278 Å². The molecule has 0 bridgehead atoms. The van der Waals surface area contributed by atoms with E-state index in [-0.39, 0.29) is 22.7 Å². The van der Waals surface area contributed by atoms with Crippen LogP contribution in [0.3, 0.4) is 0 Å². The Morgan fingerprint density at radius 2 is 1.60 bits per heavy atom. The Kier molecular flexibility index (Phi) is 8.47. The van der Waals surface area contributed by atoms with E-state index in [1.54, 1.807) is 29.0 Å². The third-order valence-electron chi connectivity index (χ3n) is 9.15. The zero-order valence-corrected chi connectivity index (χ0v) is 27.1. The molecular weight excluding hydrogens is 634 g/mol. The second kappa shape index (κ2) is 12.9. The number of nitrogens with zero attached hydrogens (tertiary/aromatic N) is 3. The molecule has 7 rings (SSSR count). The molecule has 1 amide bonds. The third kappa shape index (κ3) is 6.29. The average Bonchev–Trinajstić information content (AvgIpc) is 3.63. The summed E-state index contributed by atoms with van der Waals surface area (Å²) in [5, 5.41) is 0. The summed E-state index contributed by atoms with van der Waals surface area (Å²) in [7, 11) is -2.71. The van der Waals surface area contributed by atoms with E-state index >= 15 is 0 Å². The number of carbonyl (C=O) groups excluding carboxylic acids is 1. The van der Waals surface area contributed by atoms with Crippen LogP contribution in [0.15, 0.2) is 91.1 Å². The van der Waals surface area contributed by atoms with Gasteiger partial charge in [-0.2, -0.15) is 8.42 Å². The molecule has 1 aliphatic heterocycles. The van der Waals surface area contributed by atoms with Crippen LogP contribution < -0.4 is 13.8 Å². The minimum atomic E-state index is -4.12. The van der Waals surface area contributed by atoms with Gasteiger partial charge >= 0.3 is 10.2 Å². The quantitative estimate of drug-likeness (QED) is 0.187. The summed E-state index contributed by atoms with van der Waals surface area (Å²) < 4.78 is 64.2. The number of hydrogen-bond donors (Lipinski definition) is 1. The number of methoxy groups -OCH3 is 1. The molecule has 0 unspecified atom stereocenters. The van der Waals surface area contributed by atoms with E-state index in [1.165, 1.54) is 56.9 Å². The summed E-state index contributed by atoms with van der Waals surface area (Å²) in [6, 6.07) is 25.2. The van der Waals surface area contributed by atoms with Crippen LogP contribution in [-0.2, 0) is 21.4 Å². The Hall–Kier alpha value is -5.03. The number of hydrogen-bond acceptors (Lipinski definition) is 5. The minimum Gasteiger partial charge on any atom is -0.495 e. The molecule has 1 aliphatic carbocycles. The normalized spacial score (nSPS) is 16.2. The number of ether oxygens (including phenoxy) is 1. The van der Waals surface area contributed by atoms with E-state index in [0.717, 1.165) is 27.1 Å². The molecule has 2 heterocycles. The van der Waals surface area contributed by atoms with E-state index in [2.05, 4.69) is 36.4 Å². The van der Waals surface area contributed by atoms with Crippen LogP contribution >= 0.6 is 0 Å². The number of halogens is 2. The molecule has 1 N–H and O–H groups in total. The van der Waals surface area contributed by atoms with Crippen LogP contribution in [0.4, 0.5) is 14.5 Å². The van der Waals surface area contributed by atoms with Gasteiger partial charge in [0.05, 0.1) is 18.5 Å². The van der Waals surface area contributed by atoms with Crippen molar-refractivity contribution in [2.75, 3.05) is 18.0 Å². The predicted molar refractivity (Wildman–Crippen MR) is 180 cm³/mol. The van der Waals surface area contributed by atoms with Crippen molar-refractivity contribution in [3.63, 3.8) is 0 Å². The number of benzene rings is 4. The van der Waals surface area contributed by atoms with E-state index in [9.17, 15) is 22.0 Å². The minimum absolute atomic E-state index is 0.120. The van der Waals surface area contributed by atoms with Gasteiger partial charge in [-0.05, 0) is 71.3 Å². The standard InChI is InChI=1S/C37H34F2N4O4S/c1-47-35-18-16-30(21-34(35)43-23-37(44)41-48(43,45)46)42-22-33(31-17-15-29(38)20-32(31)39)40-36(42)19-24-7-9-26(10-8-24)28-13-11-27(12-14-28)25-5-3-2-4-6-25/h7-18,20-22,25H,2-6,19,23H2,1H3,(H,41,44). The highest BCUT2D eigenvalue weighted by Crippen LogP contribution is 2.36. The lowest BCUT2D eigenvalue weighted by Crippen LogP contribution is -2.29. The van der Waals surface area contributed by atoms with Gasteiger partial charge in [-0.15, -0.1) is 0 Å². The maximum Gasteiger partial charge on any atom is 0.326 e. The Morgan fingerprint density at radius 3 is 2.25 bits per heavy atom. The Balaban J connectivity index is 1.23. The molecule has 2 aliphatic rings. The van der Waals surface area contributed by atoms with Crippen molar-refractivity contribution < 1.29 is 26.7 Å². The van der Waals surface area contributed by atoms with Crippen LogP contribution in [0.25, 0.3) is 28.1 Å². The molecule has 48 heavy (non-hydrogen) atoms. The van der Waals surface area contributed by atoms with Crippen LogP contribution in [0.1, 0.15) is 55.0 Å². The van der Waals surface area contributed by atoms with Crippen molar-refractivity contribution in [3.05, 3.63) is 120 Å². The fourth-order valence-corrected chi connectivity index (χ4v) is 7.81. The number of nitrogens with one attached hydrogen (secondary N) is 1. The van der Waals surface area contributed by atoms with Gasteiger partial charge in [0.1, 0.15) is 29.8 Å². The number of imidazole rings is 1. The number of anilines is 1. The SMILES string of the molecule is COc1ccc(-n2cc(-c3ccc(F)cc3F)nc2Cc2ccc(-c3ccc(C4CCCCC4)cc3)cc2)cc1N1CC(=O)NS1(=O)=O. The lowest BCUT2D eigenvalue weighted by Gasteiger charge is -2.22. The number of aromatic nitrogens is 2. The highest BCUT2D eigenvalue weighted by atomic mass is 32.2. The van der Waals surface area contributed by atoms with Crippen molar-refractivity contribution in [2.45, 2.75) is 44.4 Å². The van der Waals surface area contributed by atoms with Crippen LogP contribution in [0.2, 0.25) is 0 Å². The molecular formula is C37H34F2N4O4S. The molecule has 0 spiro atoms. The second-order valence-corrected chi connectivity index (χ2v) is 13.9. The second-order valence-electron chi connectivity index (χ2n) is 12.3. The summed E-state index contributed by atoms with van der Waals surface area (Å²) in [4.78, 5) is 16.8. The summed E-state index contributed by atoms with van der Waals surface area (Å²) in [6.45, 7) is -0.402. The first-order valence-corrected chi connectivity index (χ1v) is 17.4. The van der Waals surface area contributed by atoms with Gasteiger partial charge in [-0.25, -0.2) is 22.8 Å². The highest BCUT2D eigenvalue weighted by molar-refractivity contribution is 7.92. The fourth-order valence-electron chi connectivity index (χ4n) is 6.66.